The highest BCUT2D eigenvalue weighted by Crippen LogP contribution is 2.41. The van der Waals surface area contributed by atoms with Crippen LogP contribution < -0.4 is 5.32 Å². The van der Waals surface area contributed by atoms with E-state index in [0.29, 0.717) is 36.6 Å². The molecule has 4 rings (SSSR count). The monoisotopic (exact) mass is 498 g/mol. The smallest absolute Gasteiger partial charge is 0.267 e. The second-order valence-electron chi connectivity index (χ2n) is 6.89. The van der Waals surface area contributed by atoms with Crippen LogP contribution in [0.4, 0.5) is 5.69 Å². The van der Waals surface area contributed by atoms with Gasteiger partial charge in [0.1, 0.15) is 4.88 Å². The van der Waals surface area contributed by atoms with Gasteiger partial charge >= 0.3 is 0 Å². The third-order valence-electron chi connectivity index (χ3n) is 4.88. The number of fused-ring (bicyclic) bond motifs is 1. The van der Waals surface area contributed by atoms with Gasteiger partial charge in [-0.1, -0.05) is 34.8 Å². The number of hydrogen-bond donors (Lipinski definition) is 1. The molecular weight excluding hydrogens is 483 g/mol. The number of rotatable bonds is 3. The van der Waals surface area contributed by atoms with E-state index in [9.17, 15) is 9.59 Å². The molecule has 0 bridgehead atoms. The number of amides is 2. The van der Waals surface area contributed by atoms with Gasteiger partial charge in [-0.15, -0.1) is 11.3 Å². The maximum Gasteiger partial charge on any atom is 0.267 e. The topological polar surface area (TPSA) is 49.4 Å². The molecule has 2 amide bonds. The molecular formula is C21H17Cl3N2O2S2. The molecule has 30 heavy (non-hydrogen) atoms. The Morgan fingerprint density at radius 3 is 2.50 bits per heavy atom. The molecule has 0 aliphatic carbocycles. The van der Waals surface area contributed by atoms with Crippen LogP contribution in [0.3, 0.4) is 0 Å². The summed E-state index contributed by atoms with van der Waals surface area (Å²) in [6.07, 6.45) is 0. The van der Waals surface area contributed by atoms with Crippen molar-refractivity contribution in [2.24, 2.45) is 0 Å². The second kappa shape index (κ2) is 8.97. The van der Waals surface area contributed by atoms with Gasteiger partial charge in [-0.2, -0.15) is 11.8 Å². The molecule has 0 saturated carbocycles. The summed E-state index contributed by atoms with van der Waals surface area (Å²) in [6, 6.07) is 8.65. The number of aryl methyl sites for hydroxylation is 1. The average Bonchev–Trinajstić information content (AvgIpc) is 3.06. The normalized spacial score (nSPS) is 14.2. The number of nitrogens with one attached hydrogen (secondary N) is 1. The number of halogens is 3. The predicted molar refractivity (Wildman–Crippen MR) is 129 cm³/mol. The summed E-state index contributed by atoms with van der Waals surface area (Å²) in [4.78, 5) is 27.8. The van der Waals surface area contributed by atoms with Crippen LogP contribution in [-0.2, 0) is 0 Å². The molecule has 4 nitrogen and oxygen atoms in total. The molecule has 0 unspecified atom stereocenters. The molecule has 1 aliphatic rings. The SMILES string of the molecule is Cc1cc(C(=O)N2CCSCC2)ccc1NC(=O)c1sc2cc(Cl)cc(Cl)c2c1Cl. The number of thiophene rings is 1. The zero-order chi connectivity index (χ0) is 21.4. The molecule has 3 aromatic rings. The largest absolute Gasteiger partial charge is 0.337 e. The van der Waals surface area contributed by atoms with Crippen LogP contribution in [0.15, 0.2) is 30.3 Å². The third kappa shape index (κ3) is 4.30. The molecule has 1 N–H and O–H groups in total. The van der Waals surface area contributed by atoms with Crippen molar-refractivity contribution in [3.8, 4) is 0 Å². The van der Waals surface area contributed by atoms with E-state index in [1.165, 1.54) is 11.3 Å². The first-order chi connectivity index (χ1) is 14.3. The minimum absolute atomic E-state index is 0.0235. The summed E-state index contributed by atoms with van der Waals surface area (Å²) in [6.45, 7) is 3.39. The maximum absolute atomic E-state index is 12.9. The number of carbonyl (C=O) groups excluding carboxylic acids is 2. The lowest BCUT2D eigenvalue weighted by molar-refractivity contribution is 0.0772. The first-order valence-corrected chi connectivity index (χ1v) is 12.3. The van der Waals surface area contributed by atoms with Gasteiger partial charge in [0.25, 0.3) is 11.8 Å². The lowest BCUT2D eigenvalue weighted by Crippen LogP contribution is -2.37. The van der Waals surface area contributed by atoms with Crippen LogP contribution in [0.25, 0.3) is 10.1 Å². The van der Waals surface area contributed by atoms with Crippen molar-refractivity contribution in [3.63, 3.8) is 0 Å². The molecule has 1 aliphatic heterocycles. The fourth-order valence-electron chi connectivity index (χ4n) is 3.32. The van der Waals surface area contributed by atoms with E-state index in [-0.39, 0.29) is 11.8 Å². The average molecular weight is 500 g/mol. The molecule has 0 spiro atoms. The number of nitrogens with zero attached hydrogens (tertiary/aromatic N) is 1. The molecule has 0 radical (unpaired) electrons. The molecule has 1 aromatic heterocycles. The standard InChI is InChI=1S/C21H17Cl3N2O2S2/c1-11-8-12(21(28)26-4-6-29-7-5-26)2-3-15(11)25-20(27)19-18(24)17-14(23)9-13(22)10-16(17)30-19/h2-3,8-10H,4-7H2,1H3,(H,25,27). The molecule has 2 aromatic carbocycles. The highest BCUT2D eigenvalue weighted by atomic mass is 35.5. The van der Waals surface area contributed by atoms with Gasteiger partial charge in [-0.05, 0) is 42.8 Å². The number of hydrogen-bond acceptors (Lipinski definition) is 4. The molecule has 1 fully saturated rings. The Morgan fingerprint density at radius 2 is 1.80 bits per heavy atom. The second-order valence-corrected chi connectivity index (χ2v) is 10.4. The first-order valence-electron chi connectivity index (χ1n) is 9.21. The van der Waals surface area contributed by atoms with Crippen LogP contribution in [0, 0.1) is 6.92 Å². The number of benzene rings is 2. The van der Waals surface area contributed by atoms with Gasteiger partial charge in [0.05, 0.1) is 10.0 Å². The Bertz CT molecular complexity index is 1160. The van der Waals surface area contributed by atoms with Crippen molar-refractivity contribution < 1.29 is 9.59 Å². The van der Waals surface area contributed by atoms with Crippen LogP contribution in [0.5, 0.6) is 0 Å². The summed E-state index contributed by atoms with van der Waals surface area (Å²) in [5.41, 5.74) is 2.06. The minimum atomic E-state index is -0.330. The highest BCUT2D eigenvalue weighted by Gasteiger charge is 2.22. The van der Waals surface area contributed by atoms with Crippen molar-refractivity contribution in [2.45, 2.75) is 6.92 Å². The van der Waals surface area contributed by atoms with Gasteiger partial charge in [-0.3, -0.25) is 9.59 Å². The van der Waals surface area contributed by atoms with Crippen molar-refractivity contribution in [1.82, 2.24) is 4.90 Å². The zero-order valence-electron chi connectivity index (χ0n) is 15.9. The molecule has 1 saturated heterocycles. The van der Waals surface area contributed by atoms with E-state index in [1.807, 2.05) is 29.7 Å². The van der Waals surface area contributed by atoms with Crippen LogP contribution in [-0.4, -0.2) is 41.3 Å². The van der Waals surface area contributed by atoms with Crippen LogP contribution >= 0.6 is 57.9 Å². The minimum Gasteiger partial charge on any atom is -0.337 e. The van der Waals surface area contributed by atoms with Crippen molar-refractivity contribution in [1.29, 1.82) is 0 Å². The highest BCUT2D eigenvalue weighted by molar-refractivity contribution is 7.99. The Morgan fingerprint density at radius 1 is 1.07 bits per heavy atom. The Balaban J connectivity index is 1.56. The fraction of sp³-hybridized carbons (Fsp3) is 0.238. The van der Waals surface area contributed by atoms with E-state index in [4.69, 9.17) is 34.8 Å². The number of thioether (sulfide) groups is 1. The first kappa shape index (κ1) is 21.8. The number of anilines is 1. The Hall–Kier alpha value is -1.44. The molecule has 156 valence electrons. The molecule has 9 heteroatoms. The quantitative estimate of drug-likeness (QED) is 0.441. The van der Waals surface area contributed by atoms with E-state index in [0.717, 1.165) is 34.9 Å². The summed E-state index contributed by atoms with van der Waals surface area (Å²) in [5.74, 6) is 1.62. The van der Waals surface area contributed by atoms with Gasteiger partial charge < -0.3 is 10.2 Å². The van der Waals surface area contributed by atoms with Crippen molar-refractivity contribution >= 4 is 85.5 Å². The lowest BCUT2D eigenvalue weighted by atomic mass is 10.1. The predicted octanol–water partition coefficient (Wildman–Crippen LogP) is 6.61. The van der Waals surface area contributed by atoms with Gasteiger partial charge in [0.2, 0.25) is 0 Å². The van der Waals surface area contributed by atoms with E-state index in [2.05, 4.69) is 5.32 Å². The van der Waals surface area contributed by atoms with E-state index < -0.39 is 0 Å². The molecule has 0 atom stereocenters. The number of carbonyl (C=O) groups is 2. The van der Waals surface area contributed by atoms with Crippen LogP contribution in [0.2, 0.25) is 15.1 Å². The van der Waals surface area contributed by atoms with E-state index >= 15 is 0 Å². The van der Waals surface area contributed by atoms with Gasteiger partial charge in [0.15, 0.2) is 0 Å². The third-order valence-corrected chi connectivity index (χ3v) is 7.96. The van der Waals surface area contributed by atoms with Crippen LogP contribution in [0.1, 0.15) is 25.6 Å². The lowest BCUT2D eigenvalue weighted by Gasteiger charge is -2.26. The van der Waals surface area contributed by atoms with Crippen molar-refractivity contribution in [3.05, 3.63) is 61.4 Å². The van der Waals surface area contributed by atoms with Gasteiger partial charge in [-0.25, -0.2) is 0 Å². The van der Waals surface area contributed by atoms with E-state index in [1.54, 1.807) is 24.3 Å². The summed E-state index contributed by atoms with van der Waals surface area (Å²) in [5, 5.41) is 4.72. The fourth-order valence-corrected chi connectivity index (χ4v) is 6.50. The van der Waals surface area contributed by atoms with Gasteiger partial charge in [0, 0.05) is 51.0 Å². The Labute approximate surface area is 197 Å². The maximum atomic E-state index is 12.9. The molecule has 2 heterocycles. The zero-order valence-corrected chi connectivity index (χ0v) is 19.8. The Kier molecular flexibility index (Phi) is 6.51. The summed E-state index contributed by atoms with van der Waals surface area (Å²) >= 11 is 21.8. The summed E-state index contributed by atoms with van der Waals surface area (Å²) < 4.78 is 0.750. The van der Waals surface area contributed by atoms with Crippen molar-refractivity contribution in [2.75, 3.05) is 29.9 Å². The summed E-state index contributed by atoms with van der Waals surface area (Å²) in [7, 11) is 0.